The molecular weight excluding hydrogens is 302 g/mol. The van der Waals surface area contributed by atoms with Crippen molar-refractivity contribution in [3.63, 3.8) is 0 Å². The van der Waals surface area contributed by atoms with E-state index < -0.39 is 17.6 Å². The van der Waals surface area contributed by atoms with Gasteiger partial charge in [-0.25, -0.2) is 13.6 Å². The summed E-state index contributed by atoms with van der Waals surface area (Å²) in [4.78, 5) is 10.5. The van der Waals surface area contributed by atoms with E-state index in [1.165, 1.54) is 30.3 Å². The van der Waals surface area contributed by atoms with Crippen LogP contribution in [0.4, 0.5) is 8.78 Å². The maximum atomic E-state index is 13.2. The first-order valence-corrected chi connectivity index (χ1v) is 6.17. The maximum Gasteiger partial charge on any atom is 0.328 e. The highest BCUT2D eigenvalue weighted by molar-refractivity contribution is 6.30. The molecule has 2 aromatic carbocycles. The zero-order chi connectivity index (χ0) is 15.4. The summed E-state index contributed by atoms with van der Waals surface area (Å²) in [6.45, 7) is 0. The van der Waals surface area contributed by atoms with E-state index in [0.29, 0.717) is 0 Å². The third-order valence-electron chi connectivity index (χ3n) is 2.50. The van der Waals surface area contributed by atoms with E-state index in [2.05, 4.69) is 0 Å². The number of halogens is 3. The molecule has 108 valence electrons. The maximum absolute atomic E-state index is 13.2. The second-order valence-electron chi connectivity index (χ2n) is 4.03. The summed E-state index contributed by atoms with van der Waals surface area (Å²) in [6.07, 6.45) is 2.06. The number of hydrogen-bond donors (Lipinski definition) is 1. The van der Waals surface area contributed by atoms with Crippen LogP contribution in [0.15, 0.2) is 42.5 Å². The van der Waals surface area contributed by atoms with Crippen molar-refractivity contribution >= 4 is 23.6 Å². The molecule has 1 N–H and O–H groups in total. The van der Waals surface area contributed by atoms with Crippen LogP contribution in [0.2, 0.25) is 5.02 Å². The van der Waals surface area contributed by atoms with Crippen molar-refractivity contribution in [2.75, 3.05) is 0 Å². The molecule has 0 amide bonds. The van der Waals surface area contributed by atoms with Crippen LogP contribution in [0.3, 0.4) is 0 Å². The summed E-state index contributed by atoms with van der Waals surface area (Å²) >= 11 is 5.64. The number of rotatable bonds is 4. The lowest BCUT2D eigenvalue weighted by atomic mass is 10.2. The van der Waals surface area contributed by atoms with Gasteiger partial charge in [0.05, 0.1) is 5.02 Å². The van der Waals surface area contributed by atoms with Gasteiger partial charge in [-0.1, -0.05) is 11.6 Å². The van der Waals surface area contributed by atoms with Crippen molar-refractivity contribution in [2.24, 2.45) is 0 Å². The Morgan fingerprint density at radius 1 is 1.19 bits per heavy atom. The standard InChI is InChI=1S/C15H9ClF2O3/c16-12-8-11(3-4-13(12)18)21-14-5-2-10(17)7-9(14)1-6-15(19)20/h1-8H,(H,19,20). The lowest BCUT2D eigenvalue weighted by Gasteiger charge is -2.09. The summed E-state index contributed by atoms with van der Waals surface area (Å²) in [5, 5.41) is 8.50. The summed E-state index contributed by atoms with van der Waals surface area (Å²) in [6, 6.07) is 7.39. The molecule has 0 spiro atoms. The van der Waals surface area contributed by atoms with E-state index in [4.69, 9.17) is 21.4 Å². The van der Waals surface area contributed by atoms with Gasteiger partial charge in [-0.2, -0.15) is 0 Å². The molecule has 0 aliphatic heterocycles. The van der Waals surface area contributed by atoms with E-state index in [-0.39, 0.29) is 22.1 Å². The highest BCUT2D eigenvalue weighted by Crippen LogP contribution is 2.29. The molecule has 21 heavy (non-hydrogen) atoms. The van der Waals surface area contributed by atoms with Gasteiger partial charge in [0.15, 0.2) is 0 Å². The van der Waals surface area contributed by atoms with Crippen molar-refractivity contribution in [3.05, 3.63) is 64.7 Å². The minimum absolute atomic E-state index is 0.114. The zero-order valence-corrected chi connectivity index (χ0v) is 11.3. The lowest BCUT2D eigenvalue weighted by molar-refractivity contribution is -0.131. The van der Waals surface area contributed by atoms with Crippen LogP contribution in [-0.4, -0.2) is 11.1 Å². The number of carbonyl (C=O) groups is 1. The first-order chi connectivity index (χ1) is 9.95. The van der Waals surface area contributed by atoms with Crippen LogP contribution in [0.25, 0.3) is 6.08 Å². The fourth-order valence-corrected chi connectivity index (χ4v) is 1.74. The monoisotopic (exact) mass is 310 g/mol. The number of ether oxygens (including phenoxy) is 1. The van der Waals surface area contributed by atoms with Gasteiger partial charge in [0.25, 0.3) is 0 Å². The van der Waals surface area contributed by atoms with E-state index in [0.717, 1.165) is 18.2 Å². The van der Waals surface area contributed by atoms with Crippen LogP contribution < -0.4 is 4.74 Å². The molecule has 0 aromatic heterocycles. The number of benzene rings is 2. The molecule has 2 rings (SSSR count). The Morgan fingerprint density at radius 2 is 1.95 bits per heavy atom. The fourth-order valence-electron chi connectivity index (χ4n) is 1.57. The van der Waals surface area contributed by atoms with E-state index in [9.17, 15) is 13.6 Å². The molecule has 0 aliphatic rings. The third-order valence-corrected chi connectivity index (χ3v) is 2.79. The summed E-state index contributed by atoms with van der Waals surface area (Å²) < 4.78 is 31.8. The Bertz CT molecular complexity index is 714. The number of carboxylic acids is 1. The normalized spacial score (nSPS) is 10.8. The zero-order valence-electron chi connectivity index (χ0n) is 10.5. The molecule has 0 fully saturated rings. The molecule has 6 heteroatoms. The van der Waals surface area contributed by atoms with Crippen LogP contribution in [0, 0.1) is 11.6 Å². The Balaban J connectivity index is 2.34. The predicted octanol–water partition coefficient (Wildman–Crippen LogP) is 4.51. The van der Waals surface area contributed by atoms with Crippen LogP contribution in [0.5, 0.6) is 11.5 Å². The lowest BCUT2D eigenvalue weighted by Crippen LogP contribution is -1.91. The van der Waals surface area contributed by atoms with Gasteiger partial charge >= 0.3 is 5.97 Å². The smallest absolute Gasteiger partial charge is 0.328 e. The van der Waals surface area contributed by atoms with Crippen molar-refractivity contribution in [3.8, 4) is 11.5 Å². The second-order valence-corrected chi connectivity index (χ2v) is 4.44. The summed E-state index contributed by atoms with van der Waals surface area (Å²) in [7, 11) is 0. The molecule has 0 unspecified atom stereocenters. The minimum Gasteiger partial charge on any atom is -0.478 e. The Kier molecular flexibility index (Phi) is 4.55. The van der Waals surface area contributed by atoms with Crippen molar-refractivity contribution < 1.29 is 23.4 Å². The Hall–Kier alpha value is -2.40. The quantitative estimate of drug-likeness (QED) is 0.845. The van der Waals surface area contributed by atoms with E-state index >= 15 is 0 Å². The Labute approximate surface area is 124 Å². The highest BCUT2D eigenvalue weighted by atomic mass is 35.5. The van der Waals surface area contributed by atoms with Gasteiger partial charge in [-0.05, 0) is 36.4 Å². The molecule has 0 saturated heterocycles. The number of aliphatic carboxylic acids is 1. The van der Waals surface area contributed by atoms with E-state index in [1.54, 1.807) is 0 Å². The van der Waals surface area contributed by atoms with Crippen LogP contribution >= 0.6 is 11.6 Å². The molecular formula is C15H9ClF2O3. The predicted molar refractivity (Wildman–Crippen MR) is 74.6 cm³/mol. The van der Waals surface area contributed by atoms with Gasteiger partial charge in [0.2, 0.25) is 0 Å². The molecule has 0 radical (unpaired) electrons. The highest BCUT2D eigenvalue weighted by Gasteiger charge is 2.07. The average Bonchev–Trinajstić information content (AvgIpc) is 2.43. The van der Waals surface area contributed by atoms with Crippen molar-refractivity contribution in [1.82, 2.24) is 0 Å². The van der Waals surface area contributed by atoms with Gasteiger partial charge in [-0.15, -0.1) is 0 Å². The van der Waals surface area contributed by atoms with Crippen LogP contribution in [0.1, 0.15) is 5.56 Å². The molecule has 0 saturated carbocycles. The first-order valence-electron chi connectivity index (χ1n) is 5.79. The van der Waals surface area contributed by atoms with Gasteiger partial charge in [0, 0.05) is 17.7 Å². The topological polar surface area (TPSA) is 46.5 Å². The third kappa shape index (κ3) is 4.03. The second kappa shape index (κ2) is 6.37. The summed E-state index contributed by atoms with van der Waals surface area (Å²) in [5.41, 5.74) is 0.234. The fraction of sp³-hybridized carbons (Fsp3) is 0. The summed E-state index contributed by atoms with van der Waals surface area (Å²) in [5.74, 6) is -1.83. The van der Waals surface area contributed by atoms with Gasteiger partial charge < -0.3 is 9.84 Å². The number of hydrogen-bond acceptors (Lipinski definition) is 2. The molecule has 0 heterocycles. The average molecular weight is 311 g/mol. The molecule has 0 atom stereocenters. The molecule has 3 nitrogen and oxygen atoms in total. The van der Waals surface area contributed by atoms with E-state index in [1.807, 2.05) is 0 Å². The van der Waals surface area contributed by atoms with Crippen LogP contribution in [-0.2, 0) is 4.79 Å². The molecule has 0 bridgehead atoms. The minimum atomic E-state index is -1.17. The molecule has 0 aliphatic carbocycles. The van der Waals surface area contributed by atoms with Crippen molar-refractivity contribution in [2.45, 2.75) is 0 Å². The van der Waals surface area contributed by atoms with Crippen molar-refractivity contribution in [1.29, 1.82) is 0 Å². The van der Waals surface area contributed by atoms with Gasteiger partial charge in [0.1, 0.15) is 23.1 Å². The van der Waals surface area contributed by atoms with Gasteiger partial charge in [-0.3, -0.25) is 0 Å². The Morgan fingerprint density at radius 3 is 2.62 bits per heavy atom. The SMILES string of the molecule is O=C(O)C=Cc1cc(F)ccc1Oc1ccc(F)c(Cl)c1. The first kappa shape index (κ1) is 15.0. The largest absolute Gasteiger partial charge is 0.478 e. The number of carboxylic acid groups (broad SMARTS) is 1. The molecule has 2 aromatic rings.